The Morgan fingerprint density at radius 3 is 2.75 bits per heavy atom. The summed E-state index contributed by atoms with van der Waals surface area (Å²) in [6.45, 7) is 0.829. The Morgan fingerprint density at radius 1 is 1.33 bits per heavy atom. The molecule has 2 N–H and O–H groups in total. The van der Waals surface area contributed by atoms with Crippen molar-refractivity contribution in [2.24, 2.45) is 5.92 Å². The molecule has 1 aliphatic carbocycles. The molecule has 3 rings (SSSR count). The Morgan fingerprint density at radius 2 is 2.12 bits per heavy atom. The van der Waals surface area contributed by atoms with Crippen molar-refractivity contribution < 1.29 is 18.0 Å². The van der Waals surface area contributed by atoms with E-state index < -0.39 is 11.7 Å². The molecule has 0 aliphatic heterocycles. The first kappa shape index (κ1) is 16.4. The van der Waals surface area contributed by atoms with Crippen molar-refractivity contribution in [3.05, 3.63) is 36.4 Å². The van der Waals surface area contributed by atoms with Crippen molar-refractivity contribution >= 4 is 11.6 Å². The number of hydrogen-bond acceptors (Lipinski definition) is 4. The van der Waals surface area contributed by atoms with Crippen LogP contribution in [0.1, 0.15) is 18.4 Å². The normalized spacial score (nSPS) is 14.6. The Kier molecular flexibility index (Phi) is 4.52. The largest absolute Gasteiger partial charge is 0.418 e. The van der Waals surface area contributed by atoms with Gasteiger partial charge in [-0.2, -0.15) is 18.3 Å². The van der Waals surface area contributed by atoms with Crippen molar-refractivity contribution in [2.45, 2.75) is 19.0 Å². The molecule has 9 heteroatoms. The minimum absolute atomic E-state index is 0.0721. The molecule has 0 radical (unpaired) electrons. The molecule has 1 aliphatic rings. The maximum atomic E-state index is 13.3. The van der Waals surface area contributed by atoms with Gasteiger partial charge < -0.3 is 10.6 Å². The average molecular weight is 339 g/mol. The van der Waals surface area contributed by atoms with Gasteiger partial charge in [0.2, 0.25) is 5.91 Å². The molecule has 0 saturated heterocycles. The number of hydrogen-bond donors (Lipinski definition) is 2. The summed E-state index contributed by atoms with van der Waals surface area (Å²) in [6, 6.07) is 3.56. The maximum Gasteiger partial charge on any atom is 0.418 e. The van der Waals surface area contributed by atoms with Crippen molar-refractivity contribution in [1.82, 2.24) is 20.1 Å². The number of carbonyl (C=O) groups is 1. The van der Waals surface area contributed by atoms with E-state index in [1.54, 1.807) is 0 Å². The summed E-state index contributed by atoms with van der Waals surface area (Å²) in [5.41, 5.74) is -0.953. The second kappa shape index (κ2) is 6.60. The van der Waals surface area contributed by atoms with Gasteiger partial charge >= 0.3 is 6.18 Å². The van der Waals surface area contributed by atoms with Gasteiger partial charge in [-0.1, -0.05) is 0 Å². The van der Waals surface area contributed by atoms with Gasteiger partial charge in [-0.25, -0.2) is 9.67 Å². The fraction of sp³-hybridized carbons (Fsp3) is 0.400. The zero-order chi connectivity index (χ0) is 17.2. The van der Waals surface area contributed by atoms with Gasteiger partial charge in [-0.3, -0.25) is 4.79 Å². The van der Waals surface area contributed by atoms with E-state index in [0.29, 0.717) is 5.92 Å². The summed E-state index contributed by atoms with van der Waals surface area (Å²) in [5.74, 6) is 0.244. The van der Waals surface area contributed by atoms with Crippen LogP contribution < -0.4 is 10.6 Å². The van der Waals surface area contributed by atoms with Gasteiger partial charge in [0.05, 0.1) is 17.8 Å². The van der Waals surface area contributed by atoms with Gasteiger partial charge in [-0.15, -0.1) is 0 Å². The molecule has 2 aromatic rings. The van der Waals surface area contributed by atoms with E-state index in [1.807, 2.05) is 0 Å². The zero-order valence-electron chi connectivity index (χ0n) is 12.7. The summed E-state index contributed by atoms with van der Waals surface area (Å²) in [5, 5.41) is 9.19. The number of nitrogens with one attached hydrogen (secondary N) is 2. The van der Waals surface area contributed by atoms with Crippen LogP contribution >= 0.6 is 0 Å². The van der Waals surface area contributed by atoms with Crippen LogP contribution in [0.2, 0.25) is 0 Å². The average Bonchev–Trinajstić information content (AvgIpc) is 3.18. The molecule has 1 aromatic carbocycles. The monoisotopic (exact) mass is 339 g/mol. The van der Waals surface area contributed by atoms with Crippen LogP contribution in [0.15, 0.2) is 30.9 Å². The Balaban J connectivity index is 1.73. The molecule has 24 heavy (non-hydrogen) atoms. The van der Waals surface area contributed by atoms with Crippen LogP contribution in [0.3, 0.4) is 0 Å². The van der Waals surface area contributed by atoms with Gasteiger partial charge in [0.25, 0.3) is 0 Å². The van der Waals surface area contributed by atoms with Gasteiger partial charge in [0.1, 0.15) is 12.7 Å². The lowest BCUT2D eigenvalue weighted by molar-refractivity contribution is -0.137. The maximum absolute atomic E-state index is 13.3. The molecule has 6 nitrogen and oxygen atoms in total. The van der Waals surface area contributed by atoms with E-state index in [9.17, 15) is 18.0 Å². The highest BCUT2D eigenvalue weighted by molar-refractivity contribution is 5.92. The molecule has 1 heterocycles. The SMILES string of the molecule is O=C(CNCC1CC1)Nc1ccc(-n2cncn2)c(C(F)(F)F)c1. The minimum atomic E-state index is -4.58. The zero-order valence-corrected chi connectivity index (χ0v) is 12.7. The van der Waals surface area contributed by atoms with Gasteiger partial charge in [-0.05, 0) is 43.5 Å². The lowest BCUT2D eigenvalue weighted by Gasteiger charge is -2.15. The van der Waals surface area contributed by atoms with E-state index in [-0.39, 0.29) is 23.8 Å². The van der Waals surface area contributed by atoms with Crippen LogP contribution in [0.4, 0.5) is 18.9 Å². The highest BCUT2D eigenvalue weighted by Gasteiger charge is 2.34. The molecule has 1 aromatic heterocycles. The summed E-state index contributed by atoms with van der Waals surface area (Å²) < 4.78 is 40.8. The topological polar surface area (TPSA) is 71.8 Å². The standard InChI is InChI=1S/C15H16F3N5O/c16-15(17,18)12-5-11(3-4-13(12)23-9-20-8-21-23)22-14(24)7-19-6-10-1-2-10/h3-5,8-10,19H,1-2,6-7H2,(H,22,24). The van der Waals surface area contributed by atoms with E-state index in [2.05, 4.69) is 20.7 Å². The lowest BCUT2D eigenvalue weighted by atomic mass is 10.1. The second-order valence-corrected chi connectivity index (χ2v) is 5.69. The molecule has 1 fully saturated rings. The van der Waals surface area contributed by atoms with Gasteiger partial charge in [0.15, 0.2) is 0 Å². The molecule has 0 unspecified atom stereocenters. The summed E-state index contributed by atoms with van der Waals surface area (Å²) in [7, 11) is 0. The number of aromatic nitrogens is 3. The number of rotatable bonds is 6. The molecule has 1 saturated carbocycles. The smallest absolute Gasteiger partial charge is 0.325 e. The van der Waals surface area contributed by atoms with Crippen molar-refractivity contribution in [3.63, 3.8) is 0 Å². The highest BCUT2D eigenvalue weighted by atomic mass is 19.4. The van der Waals surface area contributed by atoms with Crippen LogP contribution in [0.5, 0.6) is 0 Å². The van der Waals surface area contributed by atoms with E-state index in [4.69, 9.17) is 0 Å². The molecular formula is C15H16F3N5O. The van der Waals surface area contributed by atoms with Crippen molar-refractivity contribution in [1.29, 1.82) is 0 Å². The van der Waals surface area contributed by atoms with Crippen LogP contribution in [-0.4, -0.2) is 33.8 Å². The fourth-order valence-electron chi connectivity index (χ4n) is 2.29. The fourth-order valence-corrected chi connectivity index (χ4v) is 2.29. The number of alkyl halides is 3. The minimum Gasteiger partial charge on any atom is -0.325 e. The van der Waals surface area contributed by atoms with Crippen LogP contribution in [0, 0.1) is 5.92 Å². The third-order valence-corrected chi connectivity index (χ3v) is 3.67. The first-order chi connectivity index (χ1) is 11.4. The van der Waals surface area contributed by atoms with E-state index in [0.717, 1.165) is 36.5 Å². The summed E-state index contributed by atoms with van der Waals surface area (Å²) in [4.78, 5) is 15.5. The number of carbonyl (C=O) groups excluding carboxylic acids is 1. The number of halogens is 3. The quantitative estimate of drug-likeness (QED) is 0.847. The van der Waals surface area contributed by atoms with Crippen molar-refractivity contribution in [2.75, 3.05) is 18.4 Å². The number of nitrogens with zero attached hydrogens (tertiary/aromatic N) is 3. The number of amides is 1. The number of benzene rings is 1. The Labute approximate surface area is 136 Å². The van der Waals surface area contributed by atoms with Crippen molar-refractivity contribution in [3.8, 4) is 5.69 Å². The highest BCUT2D eigenvalue weighted by Crippen LogP contribution is 2.35. The Bertz CT molecular complexity index is 710. The number of anilines is 1. The Hall–Kier alpha value is -2.42. The molecule has 0 atom stereocenters. The molecule has 1 amide bonds. The third-order valence-electron chi connectivity index (χ3n) is 3.67. The second-order valence-electron chi connectivity index (χ2n) is 5.69. The summed E-state index contributed by atoms with van der Waals surface area (Å²) >= 11 is 0. The lowest BCUT2D eigenvalue weighted by Crippen LogP contribution is -2.29. The van der Waals surface area contributed by atoms with Crippen LogP contribution in [0.25, 0.3) is 5.69 Å². The molecule has 0 bridgehead atoms. The molecular weight excluding hydrogens is 323 g/mol. The van der Waals surface area contributed by atoms with Gasteiger partial charge in [0, 0.05) is 5.69 Å². The summed E-state index contributed by atoms with van der Waals surface area (Å²) in [6.07, 6.45) is 0.0822. The predicted octanol–water partition coefficient (Wildman–Crippen LogP) is 2.22. The van der Waals surface area contributed by atoms with E-state index in [1.165, 1.54) is 18.5 Å². The third kappa shape index (κ3) is 4.10. The predicted molar refractivity (Wildman–Crippen MR) is 80.6 cm³/mol. The van der Waals surface area contributed by atoms with E-state index >= 15 is 0 Å². The molecule has 128 valence electrons. The first-order valence-corrected chi connectivity index (χ1v) is 7.50. The first-order valence-electron chi connectivity index (χ1n) is 7.50. The van der Waals surface area contributed by atoms with Crippen LogP contribution in [-0.2, 0) is 11.0 Å². The molecule has 0 spiro atoms.